The van der Waals surface area contributed by atoms with Crippen LogP contribution in [0.25, 0.3) is 0 Å². The molecule has 0 fully saturated rings. The van der Waals surface area contributed by atoms with Crippen LogP contribution in [0.2, 0.25) is 0 Å². The molecular formula is C18H25IO2. The minimum Gasteiger partial charge on any atom is -0.298 e. The predicted octanol–water partition coefficient (Wildman–Crippen LogP) is 5.40. The molecule has 0 aromatic heterocycles. The van der Waals surface area contributed by atoms with E-state index in [0.29, 0.717) is 5.56 Å². The Bertz CT molecular complexity index is 533. The van der Waals surface area contributed by atoms with Gasteiger partial charge in [0.1, 0.15) is 5.78 Å². The molecule has 0 N–H and O–H groups in total. The fourth-order valence-corrected chi connectivity index (χ4v) is 2.71. The van der Waals surface area contributed by atoms with Crippen LogP contribution in [0.5, 0.6) is 0 Å². The van der Waals surface area contributed by atoms with Crippen molar-refractivity contribution in [1.82, 2.24) is 0 Å². The highest BCUT2D eigenvalue weighted by Gasteiger charge is 2.33. The average molecular weight is 400 g/mol. The monoisotopic (exact) mass is 400 g/mol. The van der Waals surface area contributed by atoms with Crippen LogP contribution in [0.3, 0.4) is 0 Å². The third-order valence-electron chi connectivity index (χ3n) is 3.39. The quantitative estimate of drug-likeness (QED) is 0.501. The Morgan fingerprint density at radius 1 is 1.10 bits per heavy atom. The van der Waals surface area contributed by atoms with Crippen LogP contribution < -0.4 is 0 Å². The number of hydrogen-bond donors (Lipinski definition) is 0. The Hall–Kier alpha value is -0.710. The average Bonchev–Trinajstić information content (AvgIpc) is 2.33. The zero-order valence-corrected chi connectivity index (χ0v) is 15.9. The number of ketones is 1. The van der Waals surface area contributed by atoms with E-state index in [1.807, 2.05) is 39.0 Å². The van der Waals surface area contributed by atoms with E-state index in [4.69, 9.17) is 0 Å². The zero-order valence-electron chi connectivity index (χ0n) is 13.8. The number of rotatable bonds is 4. The van der Waals surface area contributed by atoms with Crippen LogP contribution in [-0.2, 0) is 4.79 Å². The SMILES string of the molecule is CC(C)(C)CC(C(=O)C(C)(C)C)c1cccc(C(=O)I)c1. The lowest BCUT2D eigenvalue weighted by Gasteiger charge is -2.30. The third-order valence-corrected chi connectivity index (χ3v) is 4.01. The molecule has 0 aliphatic rings. The summed E-state index contributed by atoms with van der Waals surface area (Å²) in [5.74, 6) is 0.0659. The van der Waals surface area contributed by atoms with Gasteiger partial charge in [0.25, 0.3) is 0 Å². The molecule has 0 aliphatic heterocycles. The fourth-order valence-electron chi connectivity index (χ4n) is 2.37. The molecule has 0 bridgehead atoms. The summed E-state index contributed by atoms with van der Waals surface area (Å²) in [6, 6.07) is 7.50. The summed E-state index contributed by atoms with van der Waals surface area (Å²) in [5, 5.41) is 0. The standard InChI is InChI=1S/C18H25IO2/c1-17(2,3)11-14(15(20)18(4,5)6)12-8-7-9-13(10-12)16(19)21/h7-10,14H,11H2,1-6H3. The molecule has 1 aromatic carbocycles. The molecule has 0 heterocycles. The van der Waals surface area contributed by atoms with Crippen molar-refractivity contribution in [2.45, 2.75) is 53.9 Å². The van der Waals surface area contributed by atoms with Gasteiger partial charge in [0.15, 0.2) is 0 Å². The van der Waals surface area contributed by atoms with Crippen molar-refractivity contribution < 1.29 is 9.59 Å². The number of carbonyl (C=O) groups excluding carboxylic acids is 2. The van der Waals surface area contributed by atoms with Crippen LogP contribution in [0.4, 0.5) is 0 Å². The van der Waals surface area contributed by atoms with Gasteiger partial charge in [-0.25, -0.2) is 0 Å². The molecule has 0 aliphatic carbocycles. The summed E-state index contributed by atoms with van der Waals surface area (Å²) < 4.78 is 0.00664. The number of hydrogen-bond acceptors (Lipinski definition) is 2. The van der Waals surface area contributed by atoms with Gasteiger partial charge in [-0.1, -0.05) is 59.7 Å². The highest BCUT2D eigenvalue weighted by atomic mass is 127. The van der Waals surface area contributed by atoms with Gasteiger partial charge >= 0.3 is 0 Å². The van der Waals surface area contributed by atoms with Gasteiger partial charge < -0.3 is 0 Å². The second-order valence-corrected chi connectivity index (χ2v) is 8.81. The first-order chi connectivity index (χ1) is 9.42. The molecule has 1 aromatic rings. The Morgan fingerprint density at radius 3 is 2.10 bits per heavy atom. The van der Waals surface area contributed by atoms with E-state index in [9.17, 15) is 9.59 Å². The smallest absolute Gasteiger partial charge is 0.222 e. The van der Waals surface area contributed by atoms with Crippen molar-refractivity contribution in [2.75, 3.05) is 0 Å². The van der Waals surface area contributed by atoms with E-state index in [-0.39, 0.29) is 26.3 Å². The van der Waals surface area contributed by atoms with Gasteiger partial charge in [-0.15, -0.1) is 0 Å². The van der Waals surface area contributed by atoms with E-state index in [2.05, 4.69) is 20.8 Å². The summed E-state index contributed by atoms with van der Waals surface area (Å²) in [7, 11) is 0. The molecule has 1 rings (SSSR count). The Morgan fingerprint density at radius 2 is 1.67 bits per heavy atom. The van der Waals surface area contributed by atoms with Gasteiger partial charge in [0.05, 0.1) is 0 Å². The maximum absolute atomic E-state index is 12.8. The lowest BCUT2D eigenvalue weighted by molar-refractivity contribution is -0.128. The van der Waals surface area contributed by atoms with E-state index in [1.54, 1.807) is 28.7 Å². The summed E-state index contributed by atoms with van der Waals surface area (Å²) in [5.41, 5.74) is 1.27. The largest absolute Gasteiger partial charge is 0.298 e. The Kier molecular flexibility index (Phi) is 5.76. The van der Waals surface area contributed by atoms with E-state index < -0.39 is 0 Å². The topological polar surface area (TPSA) is 34.1 Å². The Balaban J connectivity index is 3.27. The molecule has 0 spiro atoms. The highest BCUT2D eigenvalue weighted by molar-refractivity contribution is 14.1. The third kappa shape index (κ3) is 5.53. The van der Waals surface area contributed by atoms with E-state index in [1.165, 1.54) is 0 Å². The second-order valence-electron chi connectivity index (χ2n) is 7.83. The highest BCUT2D eigenvalue weighted by Crippen LogP contribution is 2.37. The van der Waals surface area contributed by atoms with E-state index >= 15 is 0 Å². The summed E-state index contributed by atoms with van der Waals surface area (Å²) in [4.78, 5) is 24.4. The van der Waals surface area contributed by atoms with Gasteiger partial charge in [-0.2, -0.15) is 0 Å². The molecule has 3 heteroatoms. The number of halogens is 1. The van der Waals surface area contributed by atoms with Crippen molar-refractivity contribution in [3.8, 4) is 0 Å². The number of Topliss-reactive ketones (excluding diaryl/α,β-unsaturated/α-hetero) is 1. The van der Waals surface area contributed by atoms with Crippen LogP contribution >= 0.6 is 22.6 Å². The molecule has 21 heavy (non-hydrogen) atoms. The normalized spacial score (nSPS) is 13.9. The summed E-state index contributed by atoms with van der Waals surface area (Å²) in [6.45, 7) is 12.3. The van der Waals surface area contributed by atoms with Gasteiger partial charge in [0, 0.05) is 39.5 Å². The van der Waals surface area contributed by atoms with Crippen molar-refractivity contribution >= 4 is 32.2 Å². The van der Waals surface area contributed by atoms with Crippen molar-refractivity contribution in [3.05, 3.63) is 35.4 Å². The molecule has 116 valence electrons. The molecule has 0 saturated carbocycles. The first kappa shape index (κ1) is 18.3. The fraction of sp³-hybridized carbons (Fsp3) is 0.556. The lowest BCUT2D eigenvalue weighted by atomic mass is 9.73. The van der Waals surface area contributed by atoms with Gasteiger partial charge in [-0.05, 0) is 23.5 Å². The molecule has 2 nitrogen and oxygen atoms in total. The Labute approximate surface area is 141 Å². The number of benzene rings is 1. The van der Waals surface area contributed by atoms with Crippen LogP contribution in [0.15, 0.2) is 24.3 Å². The van der Waals surface area contributed by atoms with Crippen molar-refractivity contribution in [2.24, 2.45) is 10.8 Å². The molecule has 0 saturated heterocycles. The van der Waals surface area contributed by atoms with Crippen LogP contribution in [-0.4, -0.2) is 9.57 Å². The van der Waals surface area contributed by atoms with Crippen LogP contribution in [0.1, 0.15) is 69.8 Å². The zero-order chi connectivity index (χ0) is 16.4. The molecule has 1 unspecified atom stereocenters. The molecule has 0 amide bonds. The first-order valence-corrected chi connectivity index (χ1v) is 8.34. The molecule has 0 radical (unpaired) electrons. The first-order valence-electron chi connectivity index (χ1n) is 7.26. The second kappa shape index (κ2) is 6.59. The van der Waals surface area contributed by atoms with Crippen molar-refractivity contribution in [3.63, 3.8) is 0 Å². The maximum Gasteiger partial charge on any atom is 0.222 e. The van der Waals surface area contributed by atoms with Gasteiger partial charge in [-0.3, -0.25) is 9.59 Å². The van der Waals surface area contributed by atoms with Gasteiger partial charge in [0.2, 0.25) is 3.79 Å². The summed E-state index contributed by atoms with van der Waals surface area (Å²) >= 11 is 1.79. The minimum absolute atomic E-state index is 0.00664. The van der Waals surface area contributed by atoms with Crippen molar-refractivity contribution in [1.29, 1.82) is 0 Å². The minimum atomic E-state index is -0.389. The lowest BCUT2D eigenvalue weighted by Crippen LogP contribution is -2.29. The van der Waals surface area contributed by atoms with Crippen LogP contribution in [0, 0.1) is 10.8 Å². The maximum atomic E-state index is 12.8. The summed E-state index contributed by atoms with van der Waals surface area (Å²) in [6.07, 6.45) is 0.780. The molecule has 1 atom stereocenters. The predicted molar refractivity (Wildman–Crippen MR) is 96.1 cm³/mol. The molecular weight excluding hydrogens is 375 g/mol. The van der Waals surface area contributed by atoms with E-state index in [0.717, 1.165) is 12.0 Å². The number of carbonyl (C=O) groups is 2.